The molecular formula is C45H42. The second kappa shape index (κ2) is 10.7. The molecule has 0 radical (unpaired) electrons. The maximum absolute atomic E-state index is 2.48. The largest absolute Gasteiger partial charge is 0.0714 e. The normalized spacial score (nSPS) is 13.1. The monoisotopic (exact) mass is 582 g/mol. The SMILES string of the molecule is Cc1ccc(-c2c(C)cc(C3(c4cc(C)c(-c5ccc(C)cc5)c(C)c4)c4cc(C)ccc4-c4ccc(C)cc43)cc2C)cc1. The summed E-state index contributed by atoms with van der Waals surface area (Å²) >= 11 is 0. The minimum absolute atomic E-state index is 0.439. The number of aryl methyl sites for hydroxylation is 8. The van der Waals surface area contributed by atoms with Gasteiger partial charge in [0, 0.05) is 0 Å². The van der Waals surface area contributed by atoms with Crippen LogP contribution < -0.4 is 0 Å². The van der Waals surface area contributed by atoms with Gasteiger partial charge in [0.05, 0.1) is 5.41 Å². The summed E-state index contributed by atoms with van der Waals surface area (Å²) in [5.41, 5.74) is 23.3. The molecule has 0 unspecified atom stereocenters. The van der Waals surface area contributed by atoms with Crippen molar-refractivity contribution in [2.45, 2.75) is 60.8 Å². The zero-order valence-corrected chi connectivity index (χ0v) is 27.9. The molecule has 0 spiro atoms. The van der Waals surface area contributed by atoms with E-state index < -0.39 is 5.41 Å². The second-order valence-electron chi connectivity index (χ2n) is 13.6. The van der Waals surface area contributed by atoms with Gasteiger partial charge >= 0.3 is 0 Å². The molecule has 0 saturated carbocycles. The third-order valence-corrected chi connectivity index (χ3v) is 10.1. The zero-order valence-electron chi connectivity index (χ0n) is 27.9. The topological polar surface area (TPSA) is 0 Å². The van der Waals surface area contributed by atoms with Crippen molar-refractivity contribution in [2.75, 3.05) is 0 Å². The van der Waals surface area contributed by atoms with E-state index in [2.05, 4.69) is 165 Å². The molecule has 0 aliphatic heterocycles. The van der Waals surface area contributed by atoms with Crippen LogP contribution in [0.15, 0.2) is 109 Å². The third kappa shape index (κ3) is 4.58. The van der Waals surface area contributed by atoms with E-state index in [0.29, 0.717) is 0 Å². The molecule has 0 nitrogen and oxygen atoms in total. The molecule has 0 heteroatoms. The summed E-state index contributed by atoms with van der Waals surface area (Å²) < 4.78 is 0. The van der Waals surface area contributed by atoms with E-state index in [1.54, 1.807) is 0 Å². The molecule has 0 heterocycles. The van der Waals surface area contributed by atoms with Crippen LogP contribution in [0.5, 0.6) is 0 Å². The van der Waals surface area contributed by atoms with Crippen molar-refractivity contribution in [3.05, 3.63) is 176 Å². The minimum atomic E-state index is -0.439. The van der Waals surface area contributed by atoms with Crippen LogP contribution in [0.1, 0.15) is 66.8 Å². The fourth-order valence-corrected chi connectivity index (χ4v) is 8.05. The highest BCUT2D eigenvalue weighted by molar-refractivity contribution is 5.88. The molecule has 0 atom stereocenters. The van der Waals surface area contributed by atoms with Crippen molar-refractivity contribution in [1.29, 1.82) is 0 Å². The van der Waals surface area contributed by atoms with Crippen LogP contribution in [-0.2, 0) is 5.41 Å². The Hall–Kier alpha value is -4.68. The van der Waals surface area contributed by atoms with Gasteiger partial charge in [-0.3, -0.25) is 0 Å². The highest BCUT2D eigenvalue weighted by Crippen LogP contribution is 2.57. The van der Waals surface area contributed by atoms with Crippen LogP contribution in [0, 0.1) is 55.4 Å². The molecule has 222 valence electrons. The van der Waals surface area contributed by atoms with Crippen LogP contribution >= 0.6 is 0 Å². The number of benzene rings is 6. The van der Waals surface area contributed by atoms with Crippen molar-refractivity contribution in [1.82, 2.24) is 0 Å². The Morgan fingerprint density at radius 1 is 0.333 bits per heavy atom. The summed E-state index contributed by atoms with van der Waals surface area (Å²) in [6.45, 7) is 17.9. The molecule has 0 bridgehead atoms. The van der Waals surface area contributed by atoms with Gasteiger partial charge in [-0.1, -0.05) is 131 Å². The molecular weight excluding hydrogens is 540 g/mol. The van der Waals surface area contributed by atoms with Gasteiger partial charge in [0.25, 0.3) is 0 Å². The predicted octanol–water partition coefficient (Wildman–Crippen LogP) is 11.9. The molecule has 6 aromatic rings. The van der Waals surface area contributed by atoms with Crippen molar-refractivity contribution in [2.24, 2.45) is 0 Å². The molecule has 0 aromatic heterocycles. The van der Waals surface area contributed by atoms with Crippen molar-refractivity contribution in [3.63, 3.8) is 0 Å². The van der Waals surface area contributed by atoms with Crippen LogP contribution in [0.3, 0.4) is 0 Å². The van der Waals surface area contributed by atoms with E-state index in [4.69, 9.17) is 0 Å². The minimum Gasteiger partial charge on any atom is -0.0587 e. The molecule has 1 aliphatic rings. The Bertz CT molecular complexity index is 1900. The van der Waals surface area contributed by atoms with Crippen molar-refractivity contribution < 1.29 is 0 Å². The van der Waals surface area contributed by atoms with E-state index in [0.717, 1.165) is 0 Å². The van der Waals surface area contributed by atoms with Gasteiger partial charge in [0.1, 0.15) is 0 Å². The van der Waals surface area contributed by atoms with Gasteiger partial charge in [-0.2, -0.15) is 0 Å². The number of rotatable bonds is 4. The average molecular weight is 583 g/mol. The smallest absolute Gasteiger partial charge is 0.0587 e. The fourth-order valence-electron chi connectivity index (χ4n) is 8.05. The molecule has 1 aliphatic carbocycles. The maximum Gasteiger partial charge on any atom is 0.0714 e. The Morgan fingerprint density at radius 2 is 0.644 bits per heavy atom. The lowest BCUT2D eigenvalue weighted by Crippen LogP contribution is -2.29. The summed E-state index contributed by atoms with van der Waals surface area (Å²) in [5.74, 6) is 0. The lowest BCUT2D eigenvalue weighted by atomic mass is 9.65. The van der Waals surface area contributed by atoms with Gasteiger partial charge in [-0.15, -0.1) is 0 Å². The van der Waals surface area contributed by atoms with Crippen LogP contribution in [0.2, 0.25) is 0 Å². The van der Waals surface area contributed by atoms with E-state index in [9.17, 15) is 0 Å². The van der Waals surface area contributed by atoms with Gasteiger partial charge in [-0.05, 0) is 133 Å². The quantitative estimate of drug-likeness (QED) is 0.194. The number of fused-ring (bicyclic) bond motifs is 3. The molecule has 7 rings (SSSR count). The summed E-state index contributed by atoms with van der Waals surface area (Å²) in [6, 6.07) is 42.0. The highest BCUT2D eigenvalue weighted by Gasteiger charge is 2.47. The highest BCUT2D eigenvalue weighted by atomic mass is 14.5. The Labute approximate surface area is 269 Å². The van der Waals surface area contributed by atoms with E-state index in [1.165, 1.54) is 100 Å². The van der Waals surface area contributed by atoms with Crippen LogP contribution in [0.25, 0.3) is 33.4 Å². The summed E-state index contributed by atoms with van der Waals surface area (Å²) in [5, 5.41) is 0. The standard InChI is InChI=1S/C45H42/c1-27-9-15-35(16-10-27)43-31(5)23-37(24-32(43)6)45(38-25-33(7)44(34(8)26-38)36-17-11-28(2)12-18-36)41-21-29(3)13-19-39(41)40-20-14-30(4)22-42(40)45/h9-26H,1-8H3. The molecule has 0 saturated heterocycles. The predicted molar refractivity (Wildman–Crippen MR) is 193 cm³/mol. The average Bonchev–Trinajstić information content (AvgIpc) is 3.27. The van der Waals surface area contributed by atoms with Crippen LogP contribution in [0.4, 0.5) is 0 Å². The Balaban J connectivity index is 1.57. The third-order valence-electron chi connectivity index (χ3n) is 10.1. The molecule has 6 aromatic carbocycles. The van der Waals surface area contributed by atoms with E-state index in [-0.39, 0.29) is 0 Å². The van der Waals surface area contributed by atoms with Crippen LogP contribution in [-0.4, -0.2) is 0 Å². The first-order valence-electron chi connectivity index (χ1n) is 16.2. The number of hydrogen-bond acceptors (Lipinski definition) is 0. The second-order valence-corrected chi connectivity index (χ2v) is 13.6. The van der Waals surface area contributed by atoms with Gasteiger partial charge < -0.3 is 0 Å². The van der Waals surface area contributed by atoms with Gasteiger partial charge in [0.2, 0.25) is 0 Å². The van der Waals surface area contributed by atoms with Gasteiger partial charge in [-0.25, -0.2) is 0 Å². The first-order valence-corrected chi connectivity index (χ1v) is 16.2. The first-order chi connectivity index (χ1) is 21.6. The first kappa shape index (κ1) is 29.1. The molecule has 45 heavy (non-hydrogen) atoms. The summed E-state index contributed by atoms with van der Waals surface area (Å²) in [4.78, 5) is 0. The summed E-state index contributed by atoms with van der Waals surface area (Å²) in [6.07, 6.45) is 0. The van der Waals surface area contributed by atoms with Crippen molar-refractivity contribution in [3.8, 4) is 33.4 Å². The van der Waals surface area contributed by atoms with Crippen molar-refractivity contribution >= 4 is 0 Å². The lowest BCUT2D eigenvalue weighted by molar-refractivity contribution is 0.762. The fraction of sp³-hybridized carbons (Fsp3) is 0.200. The van der Waals surface area contributed by atoms with E-state index >= 15 is 0 Å². The maximum atomic E-state index is 2.48. The summed E-state index contributed by atoms with van der Waals surface area (Å²) in [7, 11) is 0. The molecule has 0 fully saturated rings. The molecule has 0 amide bonds. The Kier molecular flexibility index (Phi) is 6.93. The molecule has 0 N–H and O–H groups in total. The van der Waals surface area contributed by atoms with E-state index in [1.807, 2.05) is 0 Å². The Morgan fingerprint density at radius 3 is 0.978 bits per heavy atom. The number of hydrogen-bond donors (Lipinski definition) is 0. The lowest BCUT2D eigenvalue weighted by Gasteiger charge is -2.36. The zero-order chi connectivity index (χ0) is 31.6. The van der Waals surface area contributed by atoms with Gasteiger partial charge in [0.15, 0.2) is 0 Å².